The van der Waals surface area contributed by atoms with Gasteiger partial charge in [-0.15, -0.1) is 5.09 Å². The highest BCUT2D eigenvalue weighted by molar-refractivity contribution is 7.98. The van der Waals surface area contributed by atoms with E-state index in [9.17, 15) is 73.3 Å². The maximum Gasteiger partial charge on any atom is 0.528 e. The number of ether oxygens (including phenoxy) is 1. The summed E-state index contributed by atoms with van der Waals surface area (Å²) in [6.07, 6.45) is -4.88. The molecule has 23 N–H and O–H groups in total. The minimum Gasteiger partial charge on any atom is -0.481 e. The number of nitrogens with one attached hydrogen (secondary N) is 8. The highest BCUT2D eigenvalue weighted by atomic mass is 32.2. The number of primary amides is 1. The van der Waals surface area contributed by atoms with Crippen LogP contribution in [0.4, 0.5) is 5.82 Å². The van der Waals surface area contributed by atoms with Gasteiger partial charge in [0.05, 0.1) is 31.8 Å². The summed E-state index contributed by atoms with van der Waals surface area (Å²) in [4.78, 5) is 156. The number of aliphatic imine (C=N–C) groups is 1. The van der Waals surface area contributed by atoms with Crippen molar-refractivity contribution in [2.75, 3.05) is 50.6 Å². The Morgan fingerprint density at radius 1 is 0.850 bits per heavy atom. The number of hydrogen-bond acceptors (Lipinski definition) is 24. The molecule has 0 saturated carbocycles. The van der Waals surface area contributed by atoms with E-state index < -0.39 is 154 Å². The van der Waals surface area contributed by atoms with Crippen molar-refractivity contribution in [1.29, 1.82) is 0 Å². The van der Waals surface area contributed by atoms with Crippen LogP contribution in [0, 0.1) is 0 Å². The molecule has 2 aromatic rings. The Kier molecular flexibility index (Phi) is 27.5. The molecule has 12 atom stereocenters. The Morgan fingerprint density at radius 2 is 1.51 bits per heavy atom. The number of carbonyl (C=O) groups excluding carboxylic acids is 9. The van der Waals surface area contributed by atoms with Gasteiger partial charge in [0.15, 0.2) is 23.7 Å². The minimum atomic E-state index is -4.64. The number of aromatic nitrogens is 4. The second-order valence-corrected chi connectivity index (χ2v) is 20.4. The molecule has 446 valence electrons. The van der Waals surface area contributed by atoms with Gasteiger partial charge in [0.1, 0.15) is 79.6 Å². The molecule has 3 heterocycles. The van der Waals surface area contributed by atoms with Crippen molar-refractivity contribution in [2.45, 2.75) is 119 Å². The quantitative estimate of drug-likeness (QED) is 0.00990. The third-order valence-electron chi connectivity index (χ3n) is 11.4. The number of nitrogens with zero attached hydrogens (tertiary/aromatic N) is 5. The lowest BCUT2D eigenvalue weighted by atomic mass is 10.1. The number of nitrogens with two attached hydrogens (primary N) is 5. The van der Waals surface area contributed by atoms with Crippen LogP contribution in [0.3, 0.4) is 0 Å². The summed E-state index contributed by atoms with van der Waals surface area (Å²) >= 11 is 1.39. The Labute approximate surface area is 460 Å². The highest BCUT2D eigenvalue weighted by Crippen LogP contribution is 2.53. The van der Waals surface area contributed by atoms with E-state index in [0.29, 0.717) is 12.2 Å². The summed E-state index contributed by atoms with van der Waals surface area (Å²) in [7, 11) is -4.64. The number of rotatable bonds is 36. The van der Waals surface area contributed by atoms with E-state index in [-0.39, 0.29) is 68.3 Å². The van der Waals surface area contributed by atoms with Gasteiger partial charge in [-0.25, -0.2) is 15.0 Å². The van der Waals surface area contributed by atoms with E-state index in [0.717, 1.165) is 20.2 Å². The molecule has 0 spiro atoms. The van der Waals surface area contributed by atoms with Gasteiger partial charge < -0.3 is 91.0 Å². The van der Waals surface area contributed by atoms with Crippen LogP contribution in [-0.2, 0) is 61.7 Å². The first-order valence-electron chi connectivity index (χ1n) is 24.3. The zero-order valence-electron chi connectivity index (χ0n) is 43.6. The largest absolute Gasteiger partial charge is 0.528 e. The van der Waals surface area contributed by atoms with Crippen molar-refractivity contribution in [3.63, 3.8) is 0 Å². The molecule has 38 heteroatoms. The van der Waals surface area contributed by atoms with E-state index >= 15 is 0 Å². The van der Waals surface area contributed by atoms with Gasteiger partial charge in [-0.05, 0) is 58.1 Å². The fourth-order valence-corrected chi connectivity index (χ4v) is 9.06. The van der Waals surface area contributed by atoms with E-state index in [1.165, 1.54) is 22.7 Å². The van der Waals surface area contributed by atoms with Gasteiger partial charge in [-0.3, -0.25) is 57.5 Å². The average Bonchev–Trinajstić information content (AvgIpc) is 3.94. The van der Waals surface area contributed by atoms with E-state index in [4.69, 9.17) is 42.5 Å². The fourth-order valence-electron chi connectivity index (χ4n) is 7.22. The summed E-state index contributed by atoms with van der Waals surface area (Å²) in [5.74, 6) is -10.4. The number of carbonyl (C=O) groups is 10. The Hall–Kier alpha value is -7.22. The van der Waals surface area contributed by atoms with Crippen LogP contribution in [0.2, 0.25) is 0 Å². The van der Waals surface area contributed by atoms with Crippen LogP contribution < -0.4 is 71.0 Å². The number of nitrogen functional groups attached to an aromatic ring is 1. The Morgan fingerprint density at radius 3 is 2.14 bits per heavy atom. The topological polar surface area (TPSA) is 582 Å². The highest BCUT2D eigenvalue weighted by Gasteiger charge is 2.51. The molecular weight excluding hydrogens is 1110 g/mol. The molecule has 0 radical (unpaired) electrons. The van der Waals surface area contributed by atoms with E-state index in [1.54, 1.807) is 6.26 Å². The number of carboxylic acid groups (broad SMARTS) is 1. The van der Waals surface area contributed by atoms with Crippen molar-refractivity contribution in [2.24, 2.45) is 27.9 Å². The Balaban J connectivity index is 1.68. The standard InChI is InChI=1S/C42H69N18O18PS/c1-19(35(69)57-24(13-28(65)66)39(73)59-79(75,76-10-5-8-43)77-15-25-31(67)32(68)41(78-25)60-17-52-30-33(45)50-16-51-34(30)60)54-38(72)23(12-26(44)63)55-27(64)14-49-40(74)29(20(2)62)58-37(71)22(6-4-9-48-42(46)47)56-36(70)21(53-18-61)7-11-80-3/h16-25,29,31-32,41,62,67-68,75H,4-15,43H2,1-3H3,(H16-,44,45,46,47,48,49,50,51,53,54,55,56,57,58,59,61,63,64,65,66,69,70,71,72,73,74)/p+1/t19-,20+,21-,22-,23-,24-,25+,29-,31+,32+,41+,79?/m0/s1. The second-order valence-electron chi connectivity index (χ2n) is 17.7. The summed E-state index contributed by atoms with van der Waals surface area (Å²) in [6, 6.07) is -9.67. The average molecular weight is 1180 g/mol. The molecule has 80 heavy (non-hydrogen) atoms. The summed E-state index contributed by atoms with van der Waals surface area (Å²) < 4.78 is 18.0. The molecular formula is C42H70N18O18PS+. The first kappa shape index (κ1) is 67.1. The zero-order chi connectivity index (χ0) is 59.9. The predicted octanol–water partition coefficient (Wildman–Crippen LogP) is -8.59. The van der Waals surface area contributed by atoms with Crippen molar-refractivity contribution in [3.05, 3.63) is 12.7 Å². The van der Waals surface area contributed by atoms with Crippen LogP contribution in [0.15, 0.2) is 17.6 Å². The predicted molar refractivity (Wildman–Crippen MR) is 280 cm³/mol. The first-order chi connectivity index (χ1) is 37.7. The summed E-state index contributed by atoms with van der Waals surface area (Å²) in [5.41, 5.74) is 27.8. The number of thioether (sulfide) groups is 1. The Bertz CT molecular complexity index is 2510. The lowest BCUT2D eigenvalue weighted by Crippen LogP contribution is -2.59. The molecule has 3 rings (SSSR count). The molecule has 9 amide bonds. The van der Waals surface area contributed by atoms with Crippen molar-refractivity contribution in [3.8, 4) is 0 Å². The third-order valence-corrected chi connectivity index (χ3v) is 13.5. The molecule has 2 aromatic heterocycles. The van der Waals surface area contributed by atoms with Crippen LogP contribution in [0.25, 0.3) is 11.2 Å². The monoisotopic (exact) mass is 1180 g/mol. The van der Waals surface area contributed by atoms with Gasteiger partial charge in [0.25, 0.3) is 5.91 Å². The maximum atomic E-state index is 13.6. The zero-order valence-corrected chi connectivity index (χ0v) is 45.3. The number of aliphatic hydroxyl groups is 3. The number of aliphatic hydroxyl groups excluding tert-OH is 3. The summed E-state index contributed by atoms with van der Waals surface area (Å²) in [5, 5.41) is 59.7. The van der Waals surface area contributed by atoms with Crippen LogP contribution >= 0.6 is 19.9 Å². The van der Waals surface area contributed by atoms with Crippen LogP contribution in [0.1, 0.15) is 58.6 Å². The number of hydrogen-bond donors (Lipinski definition) is 18. The third kappa shape index (κ3) is 21.1. The number of anilines is 1. The van der Waals surface area contributed by atoms with Gasteiger partial charge in [0.2, 0.25) is 47.8 Å². The second kappa shape index (κ2) is 32.8. The van der Waals surface area contributed by atoms with Crippen molar-refractivity contribution >= 4 is 102 Å². The van der Waals surface area contributed by atoms with Crippen molar-refractivity contribution < 1.29 is 87.0 Å². The molecule has 0 bridgehead atoms. The number of fused-ring (bicyclic) bond motifs is 1. The molecule has 1 unspecified atom stereocenters. The van der Waals surface area contributed by atoms with Gasteiger partial charge in [-0.1, -0.05) is 0 Å². The van der Waals surface area contributed by atoms with E-state index in [2.05, 4.69) is 57.2 Å². The number of imidazole rings is 1. The molecule has 36 nitrogen and oxygen atoms in total. The maximum absolute atomic E-state index is 13.6. The number of carboxylic acids is 1. The van der Waals surface area contributed by atoms with Gasteiger partial charge in [0, 0.05) is 6.54 Å². The van der Waals surface area contributed by atoms with E-state index in [1.807, 2.05) is 5.09 Å². The number of guanidine groups is 1. The molecule has 0 aromatic carbocycles. The van der Waals surface area contributed by atoms with Crippen molar-refractivity contribution in [1.82, 2.24) is 61.8 Å². The molecule has 1 aliphatic rings. The number of aliphatic carboxylic acids is 1. The molecule has 1 saturated heterocycles. The first-order valence-corrected chi connectivity index (χ1v) is 27.3. The molecule has 1 aliphatic heterocycles. The smallest absolute Gasteiger partial charge is 0.481 e. The summed E-state index contributed by atoms with van der Waals surface area (Å²) in [6.45, 7) is 0.204. The SMILES string of the molecule is CSCC[C@H](NC=O)C(=O)N[C@@H](CCCN=C(N)N)C(=O)N[C@H](C(=O)NCC(=O)N[C@@H](CC(N)=O)C(=O)N[C@@H](C)C(=O)N[C@@H](CC(=O)O)C(=O)N[P+](O)(OCCCN)OC[C@H]1O[C@@H](n2cnc3c(N)ncnc32)[C@H](O)[C@@H]1O)[C@@H](C)O. The molecule has 1 fully saturated rings. The van der Waals surface area contributed by atoms with Gasteiger partial charge >= 0.3 is 14.1 Å². The minimum absolute atomic E-state index is 0.0160. The molecule has 0 aliphatic carbocycles. The lowest BCUT2D eigenvalue weighted by Gasteiger charge is -2.26. The lowest BCUT2D eigenvalue weighted by molar-refractivity contribution is -0.141. The normalized spacial score (nSPS) is 19.2. The number of amides is 9. The van der Waals surface area contributed by atoms with Crippen LogP contribution in [-0.4, -0.2) is 216 Å². The van der Waals surface area contributed by atoms with Gasteiger partial charge in [-0.2, -0.15) is 25.7 Å². The fraction of sp³-hybridized carbons (Fsp3) is 0.619. The van der Waals surface area contributed by atoms with Crippen LogP contribution in [0.5, 0.6) is 0 Å².